The van der Waals surface area contributed by atoms with E-state index in [1.165, 1.54) is 0 Å². The van der Waals surface area contributed by atoms with Gasteiger partial charge in [-0.25, -0.2) is 0 Å². The average molecular weight is 214 g/mol. The number of carbonyl (C=O) groups excluding carboxylic acids is 2. The molecule has 0 aromatic carbocycles. The molecule has 1 aliphatic heterocycles. The third-order valence-electron chi connectivity index (χ3n) is 2.14. The van der Waals surface area contributed by atoms with Crippen molar-refractivity contribution >= 4 is 11.9 Å². The lowest BCUT2D eigenvalue weighted by atomic mass is 10.1. The van der Waals surface area contributed by atoms with Crippen LogP contribution in [0.5, 0.6) is 0 Å². The predicted octanol–water partition coefficient (Wildman–Crippen LogP) is -0.194. The van der Waals surface area contributed by atoms with Crippen LogP contribution in [0.1, 0.15) is 26.7 Å². The largest absolute Gasteiger partial charge is 0.463 e. The highest BCUT2D eigenvalue weighted by atomic mass is 16.5. The summed E-state index contributed by atoms with van der Waals surface area (Å²) < 4.78 is 4.93. The van der Waals surface area contributed by atoms with E-state index in [0.29, 0.717) is 6.54 Å². The summed E-state index contributed by atoms with van der Waals surface area (Å²) >= 11 is 0. The first kappa shape index (κ1) is 12.0. The van der Waals surface area contributed by atoms with Crippen LogP contribution >= 0.6 is 0 Å². The van der Waals surface area contributed by atoms with Crippen LogP contribution in [0.2, 0.25) is 0 Å². The molecular weight excluding hydrogens is 196 g/mol. The SMILES string of the molecule is CC(C)OC(=O)CCNC(=O)[C@H]1CCN1. The molecule has 1 heterocycles. The van der Waals surface area contributed by atoms with Gasteiger partial charge in [0.15, 0.2) is 0 Å². The van der Waals surface area contributed by atoms with E-state index in [4.69, 9.17) is 4.74 Å². The molecule has 1 fully saturated rings. The second kappa shape index (κ2) is 5.70. The zero-order valence-electron chi connectivity index (χ0n) is 9.21. The maximum Gasteiger partial charge on any atom is 0.307 e. The molecule has 86 valence electrons. The molecule has 1 amide bonds. The second-order valence-electron chi connectivity index (χ2n) is 3.88. The number of hydrogen-bond acceptors (Lipinski definition) is 4. The van der Waals surface area contributed by atoms with Crippen molar-refractivity contribution in [3.8, 4) is 0 Å². The Hall–Kier alpha value is -1.10. The minimum absolute atomic E-state index is 0.0291. The van der Waals surface area contributed by atoms with Gasteiger partial charge < -0.3 is 15.4 Å². The van der Waals surface area contributed by atoms with Crippen LogP contribution in [0.4, 0.5) is 0 Å². The molecule has 5 nitrogen and oxygen atoms in total. The van der Waals surface area contributed by atoms with E-state index < -0.39 is 0 Å². The number of rotatable bonds is 5. The van der Waals surface area contributed by atoms with Crippen LogP contribution < -0.4 is 10.6 Å². The summed E-state index contributed by atoms with van der Waals surface area (Å²) in [6.07, 6.45) is 1.01. The van der Waals surface area contributed by atoms with Crippen LogP contribution in [0.3, 0.4) is 0 Å². The lowest BCUT2D eigenvalue weighted by Crippen LogP contribution is -2.53. The average Bonchev–Trinajstić information content (AvgIpc) is 1.98. The summed E-state index contributed by atoms with van der Waals surface area (Å²) in [5.41, 5.74) is 0. The van der Waals surface area contributed by atoms with Crippen molar-refractivity contribution in [2.24, 2.45) is 0 Å². The topological polar surface area (TPSA) is 67.4 Å². The Morgan fingerprint density at radius 2 is 2.20 bits per heavy atom. The van der Waals surface area contributed by atoms with Crippen molar-refractivity contribution < 1.29 is 14.3 Å². The van der Waals surface area contributed by atoms with Crippen LogP contribution in [0.25, 0.3) is 0 Å². The Morgan fingerprint density at radius 3 is 2.67 bits per heavy atom. The zero-order chi connectivity index (χ0) is 11.3. The van der Waals surface area contributed by atoms with Gasteiger partial charge in [-0.3, -0.25) is 9.59 Å². The summed E-state index contributed by atoms with van der Waals surface area (Å²) in [5.74, 6) is -0.300. The van der Waals surface area contributed by atoms with Crippen LogP contribution in [0, 0.1) is 0 Å². The summed E-state index contributed by atoms with van der Waals surface area (Å²) in [6, 6.07) is -0.0638. The van der Waals surface area contributed by atoms with Gasteiger partial charge in [-0.05, 0) is 26.8 Å². The van der Waals surface area contributed by atoms with E-state index >= 15 is 0 Å². The summed E-state index contributed by atoms with van der Waals surface area (Å²) in [4.78, 5) is 22.4. The molecule has 0 aromatic rings. The van der Waals surface area contributed by atoms with Crippen molar-refractivity contribution in [3.63, 3.8) is 0 Å². The Morgan fingerprint density at radius 1 is 1.53 bits per heavy atom. The number of esters is 1. The fraction of sp³-hybridized carbons (Fsp3) is 0.800. The molecular formula is C10H18N2O3. The third-order valence-corrected chi connectivity index (χ3v) is 2.14. The minimum atomic E-state index is -0.271. The number of hydrogen-bond donors (Lipinski definition) is 2. The molecule has 0 unspecified atom stereocenters. The van der Waals surface area contributed by atoms with Gasteiger partial charge in [-0.1, -0.05) is 0 Å². The van der Waals surface area contributed by atoms with Crippen molar-refractivity contribution in [2.75, 3.05) is 13.1 Å². The normalized spacial score (nSPS) is 19.5. The third kappa shape index (κ3) is 4.29. The molecule has 1 aliphatic rings. The predicted molar refractivity (Wildman–Crippen MR) is 55.3 cm³/mol. The van der Waals surface area contributed by atoms with Crippen molar-refractivity contribution in [2.45, 2.75) is 38.8 Å². The van der Waals surface area contributed by atoms with Crippen molar-refractivity contribution in [3.05, 3.63) is 0 Å². The smallest absolute Gasteiger partial charge is 0.307 e. The first-order valence-electron chi connectivity index (χ1n) is 5.30. The zero-order valence-corrected chi connectivity index (χ0v) is 9.21. The van der Waals surface area contributed by atoms with E-state index in [0.717, 1.165) is 13.0 Å². The minimum Gasteiger partial charge on any atom is -0.463 e. The Labute approximate surface area is 89.6 Å². The van der Waals surface area contributed by atoms with Crippen molar-refractivity contribution in [1.82, 2.24) is 10.6 Å². The highest BCUT2D eigenvalue weighted by Gasteiger charge is 2.23. The molecule has 0 bridgehead atoms. The molecule has 1 atom stereocenters. The number of ether oxygens (including phenoxy) is 1. The summed E-state index contributed by atoms with van der Waals surface area (Å²) in [5, 5.41) is 5.67. The van der Waals surface area contributed by atoms with Gasteiger partial charge in [0, 0.05) is 6.54 Å². The molecule has 5 heteroatoms. The van der Waals surface area contributed by atoms with Gasteiger partial charge in [0.05, 0.1) is 18.6 Å². The molecule has 2 N–H and O–H groups in total. The van der Waals surface area contributed by atoms with Gasteiger partial charge in [0.1, 0.15) is 0 Å². The maximum absolute atomic E-state index is 11.3. The number of carbonyl (C=O) groups is 2. The first-order chi connectivity index (χ1) is 7.09. The highest BCUT2D eigenvalue weighted by molar-refractivity contribution is 5.83. The fourth-order valence-electron chi connectivity index (χ4n) is 1.25. The summed E-state index contributed by atoms with van der Waals surface area (Å²) in [6.45, 7) is 4.85. The van der Waals surface area contributed by atoms with Crippen molar-refractivity contribution in [1.29, 1.82) is 0 Å². The van der Waals surface area contributed by atoms with E-state index in [1.54, 1.807) is 13.8 Å². The molecule has 0 spiro atoms. The molecule has 1 saturated heterocycles. The van der Waals surface area contributed by atoms with Gasteiger partial charge in [0.25, 0.3) is 0 Å². The molecule has 15 heavy (non-hydrogen) atoms. The molecule has 0 saturated carbocycles. The first-order valence-corrected chi connectivity index (χ1v) is 5.30. The second-order valence-corrected chi connectivity index (χ2v) is 3.88. The number of amides is 1. The van der Waals surface area contributed by atoms with E-state index in [2.05, 4.69) is 10.6 Å². The molecule has 1 rings (SSSR count). The lowest BCUT2D eigenvalue weighted by Gasteiger charge is -2.26. The van der Waals surface area contributed by atoms with E-state index in [9.17, 15) is 9.59 Å². The number of nitrogens with one attached hydrogen (secondary N) is 2. The Kier molecular flexibility index (Phi) is 4.55. The van der Waals surface area contributed by atoms with Gasteiger partial charge in [-0.15, -0.1) is 0 Å². The molecule has 0 aromatic heterocycles. The quantitative estimate of drug-likeness (QED) is 0.622. The molecule has 0 radical (unpaired) electrons. The van der Waals surface area contributed by atoms with Crippen LogP contribution in [-0.4, -0.2) is 37.1 Å². The fourth-order valence-corrected chi connectivity index (χ4v) is 1.25. The van der Waals surface area contributed by atoms with Crippen LogP contribution in [0.15, 0.2) is 0 Å². The molecule has 0 aliphatic carbocycles. The Balaban J connectivity index is 2.04. The summed E-state index contributed by atoms with van der Waals surface area (Å²) in [7, 11) is 0. The van der Waals surface area contributed by atoms with E-state index in [-0.39, 0.29) is 30.4 Å². The van der Waals surface area contributed by atoms with E-state index in [1.807, 2.05) is 0 Å². The maximum atomic E-state index is 11.3. The highest BCUT2D eigenvalue weighted by Crippen LogP contribution is 2.01. The lowest BCUT2D eigenvalue weighted by molar-refractivity contribution is -0.147. The van der Waals surface area contributed by atoms with Gasteiger partial charge >= 0.3 is 5.97 Å². The van der Waals surface area contributed by atoms with Gasteiger partial charge in [0.2, 0.25) is 5.91 Å². The standard InChI is InChI=1S/C10H18N2O3/c1-7(2)15-9(13)4-6-12-10(14)8-3-5-11-8/h7-8,11H,3-6H2,1-2H3,(H,12,14)/t8-/m1/s1. The Bertz CT molecular complexity index is 237. The monoisotopic (exact) mass is 214 g/mol. The van der Waals surface area contributed by atoms with Gasteiger partial charge in [-0.2, -0.15) is 0 Å². The van der Waals surface area contributed by atoms with Crippen LogP contribution in [-0.2, 0) is 14.3 Å².